The molecule has 2 nitrogen and oxygen atoms in total. The lowest BCUT2D eigenvalue weighted by Gasteiger charge is -2.36. The van der Waals surface area contributed by atoms with Crippen LogP contribution in [0.5, 0.6) is 0 Å². The second kappa shape index (κ2) is 9.01. The molecule has 0 aliphatic heterocycles. The van der Waals surface area contributed by atoms with Gasteiger partial charge in [0.05, 0.1) is 5.60 Å². The molecule has 0 spiro atoms. The van der Waals surface area contributed by atoms with E-state index in [1.807, 2.05) is 7.05 Å². The van der Waals surface area contributed by atoms with Gasteiger partial charge < -0.3 is 5.11 Å². The molecule has 144 valence electrons. The summed E-state index contributed by atoms with van der Waals surface area (Å²) in [4.78, 5) is 1.20. The van der Waals surface area contributed by atoms with Gasteiger partial charge in [-0.05, 0) is 54.6 Å². The highest BCUT2D eigenvalue weighted by atomic mass is 32.2. The quantitative estimate of drug-likeness (QED) is 0.484. The first kappa shape index (κ1) is 20.1. The van der Waals surface area contributed by atoms with E-state index in [1.54, 1.807) is 6.08 Å². The van der Waals surface area contributed by atoms with Gasteiger partial charge in [0.2, 0.25) is 0 Å². The first-order chi connectivity index (χ1) is 13.1. The van der Waals surface area contributed by atoms with Crippen molar-refractivity contribution in [3.63, 3.8) is 0 Å². The Hall–Kier alpha value is -1.68. The molecule has 0 amide bonds. The normalized spacial score (nSPS) is 18.6. The Labute approximate surface area is 166 Å². The maximum Gasteiger partial charge on any atom is 0.0893 e. The van der Waals surface area contributed by atoms with Gasteiger partial charge in [0.1, 0.15) is 0 Å². The maximum absolute atomic E-state index is 11.3. The lowest BCUT2D eigenvalue weighted by Crippen LogP contribution is -2.39. The molecule has 1 aliphatic rings. The van der Waals surface area contributed by atoms with Gasteiger partial charge in [0, 0.05) is 11.3 Å². The van der Waals surface area contributed by atoms with Crippen molar-refractivity contribution >= 4 is 16.5 Å². The molecule has 2 atom stereocenters. The van der Waals surface area contributed by atoms with Crippen molar-refractivity contribution in [1.82, 2.24) is 4.72 Å². The zero-order valence-corrected chi connectivity index (χ0v) is 17.1. The third-order valence-corrected chi connectivity index (χ3v) is 7.13. The van der Waals surface area contributed by atoms with Crippen LogP contribution in [-0.2, 0) is 6.42 Å². The Morgan fingerprint density at radius 3 is 2.44 bits per heavy atom. The van der Waals surface area contributed by atoms with Crippen molar-refractivity contribution < 1.29 is 5.11 Å². The Morgan fingerprint density at radius 1 is 1.11 bits per heavy atom. The molecule has 2 aromatic rings. The van der Waals surface area contributed by atoms with Crippen molar-refractivity contribution in [1.29, 1.82) is 0 Å². The highest BCUT2D eigenvalue weighted by molar-refractivity contribution is 8.12. The molecule has 1 fully saturated rings. The first-order valence-electron chi connectivity index (χ1n) is 9.82. The van der Waals surface area contributed by atoms with E-state index in [9.17, 15) is 5.11 Å². The zero-order valence-electron chi connectivity index (χ0n) is 16.3. The lowest BCUT2D eigenvalue weighted by molar-refractivity contribution is 0.0114. The maximum atomic E-state index is 11.3. The van der Waals surface area contributed by atoms with E-state index in [2.05, 4.69) is 65.7 Å². The fourth-order valence-electron chi connectivity index (χ4n) is 4.10. The molecule has 0 heterocycles. The van der Waals surface area contributed by atoms with Gasteiger partial charge in [0.25, 0.3) is 0 Å². The fraction of sp³-hybridized carbons (Fsp3) is 0.375. The summed E-state index contributed by atoms with van der Waals surface area (Å²) in [7, 11) is 1.76. The van der Waals surface area contributed by atoms with Gasteiger partial charge in [0.15, 0.2) is 0 Å². The van der Waals surface area contributed by atoms with Crippen LogP contribution >= 0.6 is 10.7 Å². The van der Waals surface area contributed by atoms with Crippen molar-refractivity contribution in [3.05, 3.63) is 66.7 Å². The van der Waals surface area contributed by atoms with Crippen molar-refractivity contribution in [2.75, 3.05) is 7.05 Å². The third kappa shape index (κ3) is 4.78. The topological polar surface area (TPSA) is 32.3 Å². The molecular formula is C24H31NOS. The van der Waals surface area contributed by atoms with Crippen LogP contribution in [0, 0.1) is 5.92 Å². The van der Waals surface area contributed by atoms with E-state index in [1.165, 1.54) is 35.3 Å². The SMILES string of the molecule is C=CC(O)(Cc1cccc(-c2ccc(S(=C)NC)cc2)c1)C1CCCCC1. The van der Waals surface area contributed by atoms with Crippen LogP contribution in [0.1, 0.15) is 37.7 Å². The summed E-state index contributed by atoms with van der Waals surface area (Å²) in [6.45, 7) is 3.96. The summed E-state index contributed by atoms with van der Waals surface area (Å²) in [5, 5.41) is 11.3. The van der Waals surface area contributed by atoms with E-state index < -0.39 is 5.60 Å². The Balaban J connectivity index is 1.80. The molecule has 27 heavy (non-hydrogen) atoms. The predicted molar refractivity (Wildman–Crippen MR) is 119 cm³/mol. The highest BCUT2D eigenvalue weighted by Crippen LogP contribution is 2.36. The van der Waals surface area contributed by atoms with Crippen LogP contribution in [0.4, 0.5) is 0 Å². The first-order valence-corrected chi connectivity index (χ1v) is 11.2. The number of hydrogen-bond donors (Lipinski definition) is 2. The van der Waals surface area contributed by atoms with E-state index in [0.29, 0.717) is 12.3 Å². The Bertz CT molecular complexity index is 792. The fourth-order valence-corrected chi connectivity index (χ4v) is 4.80. The summed E-state index contributed by atoms with van der Waals surface area (Å²) < 4.78 is 3.19. The monoisotopic (exact) mass is 381 g/mol. The lowest BCUT2D eigenvalue weighted by atomic mass is 9.74. The Kier molecular flexibility index (Phi) is 6.69. The van der Waals surface area contributed by atoms with Crippen LogP contribution in [0.25, 0.3) is 11.1 Å². The molecule has 0 aromatic heterocycles. The van der Waals surface area contributed by atoms with E-state index >= 15 is 0 Å². The second-order valence-electron chi connectivity index (χ2n) is 7.53. The van der Waals surface area contributed by atoms with Crippen molar-refractivity contribution in [3.8, 4) is 11.1 Å². The van der Waals surface area contributed by atoms with Crippen LogP contribution in [0.15, 0.2) is 66.1 Å². The smallest absolute Gasteiger partial charge is 0.0893 e. The molecule has 3 heteroatoms. The van der Waals surface area contributed by atoms with Crippen LogP contribution in [-0.4, -0.2) is 23.6 Å². The summed E-state index contributed by atoms with van der Waals surface area (Å²) in [5.74, 6) is 4.44. The number of hydrogen-bond acceptors (Lipinski definition) is 2. The minimum Gasteiger partial charge on any atom is -0.385 e. The van der Waals surface area contributed by atoms with Gasteiger partial charge in [-0.25, -0.2) is 0 Å². The zero-order chi connectivity index (χ0) is 19.3. The van der Waals surface area contributed by atoms with Crippen LogP contribution < -0.4 is 4.72 Å². The van der Waals surface area contributed by atoms with Crippen LogP contribution in [0.2, 0.25) is 0 Å². The highest BCUT2D eigenvalue weighted by Gasteiger charge is 2.34. The van der Waals surface area contributed by atoms with Gasteiger partial charge in [-0.1, -0.05) is 78.3 Å². The van der Waals surface area contributed by atoms with E-state index in [-0.39, 0.29) is 10.7 Å². The number of nitrogens with one attached hydrogen (secondary N) is 1. The second-order valence-corrected chi connectivity index (χ2v) is 9.19. The molecule has 0 saturated heterocycles. The van der Waals surface area contributed by atoms with E-state index in [4.69, 9.17) is 0 Å². The number of benzene rings is 2. The summed E-state index contributed by atoms with van der Waals surface area (Å²) in [5.41, 5.74) is 2.73. The average molecular weight is 382 g/mol. The Morgan fingerprint density at radius 2 is 1.81 bits per heavy atom. The number of rotatable bonds is 7. The minimum absolute atomic E-state index is 0.171. The van der Waals surface area contributed by atoms with Gasteiger partial charge in [-0.3, -0.25) is 4.72 Å². The molecule has 2 N–H and O–H groups in total. The van der Waals surface area contributed by atoms with Crippen molar-refractivity contribution in [2.45, 2.75) is 49.0 Å². The van der Waals surface area contributed by atoms with Gasteiger partial charge in [-0.15, -0.1) is 6.58 Å². The van der Waals surface area contributed by atoms with E-state index in [0.717, 1.165) is 18.4 Å². The molecule has 3 rings (SSSR count). The van der Waals surface area contributed by atoms with Crippen molar-refractivity contribution in [2.24, 2.45) is 5.92 Å². The molecule has 0 bridgehead atoms. The van der Waals surface area contributed by atoms with Gasteiger partial charge >= 0.3 is 0 Å². The summed E-state index contributed by atoms with van der Waals surface area (Å²) >= 11 is 0. The molecule has 1 aliphatic carbocycles. The van der Waals surface area contributed by atoms with Gasteiger partial charge in [-0.2, -0.15) is 0 Å². The molecule has 2 aromatic carbocycles. The molecule has 0 radical (unpaired) electrons. The predicted octanol–water partition coefficient (Wildman–Crippen LogP) is 5.59. The summed E-state index contributed by atoms with van der Waals surface area (Å²) in [6.07, 6.45) is 8.33. The standard InChI is InChI=1S/C24H31NOS/c1-4-24(26,22-11-6-5-7-12-22)18-19-9-8-10-21(17-19)20-13-15-23(16-14-20)27(3)25-2/h4,8-10,13-17,22,25-26H,1,3,5-7,11-12,18H2,2H3. The largest absolute Gasteiger partial charge is 0.385 e. The third-order valence-electron chi connectivity index (χ3n) is 5.80. The molecular weight excluding hydrogens is 350 g/mol. The average Bonchev–Trinajstić information content (AvgIpc) is 2.74. The summed E-state index contributed by atoms with van der Waals surface area (Å²) in [6, 6.07) is 17.1. The van der Waals surface area contributed by atoms with Crippen LogP contribution in [0.3, 0.4) is 0 Å². The number of aliphatic hydroxyl groups is 1. The molecule has 2 unspecified atom stereocenters. The minimum atomic E-state index is -0.808. The molecule has 1 saturated carbocycles.